The molecule has 0 aliphatic rings. The van der Waals surface area contributed by atoms with Gasteiger partial charge in [0.15, 0.2) is 0 Å². The molecule has 0 atom stereocenters. The second-order valence-corrected chi connectivity index (χ2v) is 11.1. The Bertz CT molecular complexity index is 2280. The normalized spacial score (nSPS) is 11.5. The molecule has 6 aromatic carbocycles. The van der Waals surface area contributed by atoms with Crippen LogP contribution in [0.5, 0.6) is 0 Å². The van der Waals surface area contributed by atoms with Crippen LogP contribution in [0.4, 0.5) is 0 Å². The van der Waals surface area contributed by atoms with Crippen LogP contribution in [-0.4, -0.2) is 0 Å². The zero-order valence-electron chi connectivity index (χ0n) is 21.4. The van der Waals surface area contributed by atoms with E-state index in [0.717, 1.165) is 55.3 Å². The lowest BCUT2D eigenvalue weighted by atomic mass is 9.86. The molecular weight excluding hydrogens is 506 g/mol. The quantitative estimate of drug-likeness (QED) is 0.229. The summed E-state index contributed by atoms with van der Waals surface area (Å²) in [7, 11) is 0. The molecule has 186 valence electrons. The second-order valence-electron chi connectivity index (χ2n) is 10.0. The van der Waals surface area contributed by atoms with E-state index >= 15 is 0 Å². The van der Waals surface area contributed by atoms with Crippen LogP contribution in [0.3, 0.4) is 0 Å². The van der Waals surface area contributed by atoms with Crippen molar-refractivity contribution in [1.82, 2.24) is 0 Å². The summed E-state index contributed by atoms with van der Waals surface area (Å²) >= 11 is 1.81. The van der Waals surface area contributed by atoms with Crippen LogP contribution >= 0.6 is 11.3 Å². The summed E-state index contributed by atoms with van der Waals surface area (Å²) in [4.78, 5) is 0. The van der Waals surface area contributed by atoms with Gasteiger partial charge in [0.1, 0.15) is 17.2 Å². The molecule has 0 saturated carbocycles. The molecule has 0 aliphatic carbocycles. The molecule has 0 fully saturated rings. The van der Waals surface area contributed by atoms with Crippen LogP contribution in [0.15, 0.2) is 132 Å². The van der Waals surface area contributed by atoms with Crippen LogP contribution < -0.4 is 0 Å². The smallest absolute Gasteiger partial charge is 0.136 e. The number of fused-ring (bicyclic) bond motifs is 6. The Labute approximate surface area is 235 Å². The van der Waals surface area contributed by atoms with E-state index in [1.165, 1.54) is 20.2 Å². The molecule has 8 aromatic rings. The van der Waals surface area contributed by atoms with Crippen LogP contribution in [-0.2, 0) is 0 Å². The van der Waals surface area contributed by atoms with Crippen molar-refractivity contribution in [2.75, 3.05) is 0 Å². The fourth-order valence-electron chi connectivity index (χ4n) is 5.89. The van der Waals surface area contributed by atoms with E-state index in [2.05, 4.69) is 97.1 Å². The van der Waals surface area contributed by atoms with Gasteiger partial charge in [-0.1, -0.05) is 97.1 Å². The summed E-state index contributed by atoms with van der Waals surface area (Å²) in [5, 5.41) is 15.3. The largest absolute Gasteiger partial charge is 0.456 e. The van der Waals surface area contributed by atoms with Gasteiger partial charge in [-0.2, -0.15) is 5.26 Å². The molecule has 40 heavy (non-hydrogen) atoms. The molecule has 0 amide bonds. The molecule has 0 bridgehead atoms. The molecule has 2 aromatic heterocycles. The summed E-state index contributed by atoms with van der Waals surface area (Å²) in [6, 6.07) is 46.6. The Kier molecular flexibility index (Phi) is 5.10. The number of hydrogen-bond acceptors (Lipinski definition) is 3. The summed E-state index contributed by atoms with van der Waals surface area (Å²) in [5.74, 6) is 0. The van der Waals surface area contributed by atoms with Crippen molar-refractivity contribution in [1.29, 1.82) is 5.26 Å². The zero-order valence-corrected chi connectivity index (χ0v) is 22.2. The lowest BCUT2D eigenvalue weighted by Gasteiger charge is -2.16. The van der Waals surface area contributed by atoms with Crippen molar-refractivity contribution in [2.24, 2.45) is 0 Å². The minimum Gasteiger partial charge on any atom is -0.456 e. The Hall–Kier alpha value is -5.17. The highest BCUT2D eigenvalue weighted by molar-refractivity contribution is 7.25. The fraction of sp³-hybridized carbons (Fsp3) is 0. The first-order valence-electron chi connectivity index (χ1n) is 13.2. The van der Waals surface area contributed by atoms with Gasteiger partial charge >= 0.3 is 0 Å². The van der Waals surface area contributed by atoms with E-state index in [-0.39, 0.29) is 0 Å². The summed E-state index contributed by atoms with van der Waals surface area (Å²) in [6.07, 6.45) is 0. The van der Waals surface area contributed by atoms with Gasteiger partial charge in [0, 0.05) is 42.1 Å². The SMILES string of the molecule is N#Cc1c(-c2ccc3c(c2)oc2ccccc23)ccc(-c2ccc3c(c2)sc2ccccc23)c1-c1ccccc1. The van der Waals surface area contributed by atoms with E-state index in [0.29, 0.717) is 5.56 Å². The molecule has 2 heterocycles. The third-order valence-corrected chi connectivity index (χ3v) is 8.89. The van der Waals surface area contributed by atoms with Gasteiger partial charge in [-0.3, -0.25) is 0 Å². The third kappa shape index (κ3) is 3.48. The number of furan rings is 1. The molecule has 2 nitrogen and oxygen atoms in total. The molecular formula is C37H21NOS. The van der Waals surface area contributed by atoms with Gasteiger partial charge in [-0.05, 0) is 52.6 Å². The lowest BCUT2D eigenvalue weighted by molar-refractivity contribution is 0.669. The minimum absolute atomic E-state index is 0.663. The highest BCUT2D eigenvalue weighted by atomic mass is 32.1. The fourth-order valence-corrected chi connectivity index (χ4v) is 7.04. The molecule has 0 aliphatic heterocycles. The van der Waals surface area contributed by atoms with Crippen LogP contribution in [0.2, 0.25) is 0 Å². The van der Waals surface area contributed by atoms with Gasteiger partial charge < -0.3 is 4.42 Å². The van der Waals surface area contributed by atoms with Crippen molar-refractivity contribution in [2.45, 2.75) is 0 Å². The Morgan fingerprint density at radius 2 is 1.15 bits per heavy atom. The number of nitrogens with zero attached hydrogens (tertiary/aromatic N) is 1. The van der Waals surface area contributed by atoms with E-state index in [9.17, 15) is 5.26 Å². The second kappa shape index (κ2) is 8.95. The number of hydrogen-bond donors (Lipinski definition) is 0. The maximum atomic E-state index is 10.6. The molecule has 0 spiro atoms. The molecule has 0 N–H and O–H groups in total. The number of para-hydroxylation sites is 1. The zero-order chi connectivity index (χ0) is 26.6. The highest BCUT2D eigenvalue weighted by Gasteiger charge is 2.19. The van der Waals surface area contributed by atoms with Gasteiger partial charge in [-0.15, -0.1) is 11.3 Å². The molecule has 8 rings (SSSR count). The molecule has 3 heteroatoms. The molecule has 0 radical (unpaired) electrons. The van der Waals surface area contributed by atoms with Gasteiger partial charge in [0.05, 0.1) is 5.56 Å². The first-order valence-corrected chi connectivity index (χ1v) is 14.1. The average Bonchev–Trinajstić information content (AvgIpc) is 3.58. The number of nitriles is 1. The van der Waals surface area contributed by atoms with Crippen molar-refractivity contribution in [3.05, 3.63) is 133 Å². The predicted molar refractivity (Wildman–Crippen MR) is 168 cm³/mol. The van der Waals surface area contributed by atoms with E-state index in [4.69, 9.17) is 4.42 Å². The summed E-state index contributed by atoms with van der Waals surface area (Å²) in [5.41, 5.74) is 8.35. The van der Waals surface area contributed by atoms with Crippen LogP contribution in [0.25, 0.3) is 75.5 Å². The number of rotatable bonds is 3. The van der Waals surface area contributed by atoms with E-state index in [1.807, 2.05) is 47.7 Å². The van der Waals surface area contributed by atoms with Crippen molar-refractivity contribution < 1.29 is 4.42 Å². The van der Waals surface area contributed by atoms with Gasteiger partial charge in [0.2, 0.25) is 0 Å². The van der Waals surface area contributed by atoms with E-state index in [1.54, 1.807) is 0 Å². The number of benzene rings is 6. The van der Waals surface area contributed by atoms with Crippen molar-refractivity contribution in [3.8, 4) is 39.4 Å². The highest BCUT2D eigenvalue weighted by Crippen LogP contribution is 2.43. The van der Waals surface area contributed by atoms with E-state index < -0.39 is 0 Å². The summed E-state index contributed by atoms with van der Waals surface area (Å²) in [6.45, 7) is 0. The van der Waals surface area contributed by atoms with Crippen LogP contribution in [0, 0.1) is 11.3 Å². The van der Waals surface area contributed by atoms with Crippen molar-refractivity contribution in [3.63, 3.8) is 0 Å². The third-order valence-electron chi connectivity index (χ3n) is 7.76. The Morgan fingerprint density at radius 3 is 2.00 bits per heavy atom. The first kappa shape index (κ1) is 22.8. The topological polar surface area (TPSA) is 36.9 Å². The Balaban J connectivity index is 1.36. The maximum Gasteiger partial charge on any atom is 0.136 e. The predicted octanol–water partition coefficient (Wildman–Crippen LogP) is 10.8. The molecule has 0 saturated heterocycles. The van der Waals surface area contributed by atoms with Crippen LogP contribution in [0.1, 0.15) is 5.56 Å². The van der Waals surface area contributed by atoms with Gasteiger partial charge in [0.25, 0.3) is 0 Å². The summed E-state index contributed by atoms with van der Waals surface area (Å²) < 4.78 is 8.71. The number of thiophene rings is 1. The van der Waals surface area contributed by atoms with Gasteiger partial charge in [-0.25, -0.2) is 0 Å². The standard InChI is InChI=1S/C37H21NOS/c38-22-32-26(24-14-16-29-28-10-4-6-12-33(28)39-34(29)20-24)18-19-27(37(32)23-8-2-1-3-9-23)25-15-17-31-30-11-5-7-13-35(30)40-36(31)21-25/h1-21H. The maximum absolute atomic E-state index is 10.6. The van der Waals surface area contributed by atoms with Crippen molar-refractivity contribution >= 4 is 53.4 Å². The average molecular weight is 528 g/mol. The lowest BCUT2D eigenvalue weighted by Crippen LogP contribution is -1.94. The first-order chi connectivity index (χ1) is 19.8. The monoisotopic (exact) mass is 527 g/mol. The molecule has 0 unspecified atom stereocenters. The Morgan fingerprint density at radius 1 is 0.500 bits per heavy atom. The minimum atomic E-state index is 0.663.